The standard InChI is InChI=1S/C23H30N4O3/c1-4-6-8-12-29-18-11-10-15(13-19(18)28-3)20-16(14-24)22(25)30-23-21(20)17(26-27-23)9-7-5-2/h10-11,13,20H,4-9,12,25H2,1-3H3,(H,26,27). The molecule has 3 rings (SSSR count). The fourth-order valence-corrected chi connectivity index (χ4v) is 3.70. The molecule has 3 N–H and O–H groups in total. The summed E-state index contributed by atoms with van der Waals surface area (Å²) in [5, 5.41) is 17.2. The van der Waals surface area contributed by atoms with E-state index in [4.69, 9.17) is 19.9 Å². The van der Waals surface area contributed by atoms with Gasteiger partial charge in [0.1, 0.15) is 11.6 Å². The molecule has 1 aliphatic heterocycles. The highest BCUT2D eigenvalue weighted by Gasteiger charge is 2.35. The van der Waals surface area contributed by atoms with Crippen molar-refractivity contribution in [2.45, 2.75) is 58.3 Å². The molecule has 0 saturated heterocycles. The Hall–Kier alpha value is -3.14. The summed E-state index contributed by atoms with van der Waals surface area (Å²) in [6, 6.07) is 8.00. The zero-order valence-electron chi connectivity index (χ0n) is 18.0. The number of nitrogens with two attached hydrogens (primary N) is 1. The molecule has 0 radical (unpaired) electrons. The van der Waals surface area contributed by atoms with Crippen LogP contribution in [0, 0.1) is 11.3 Å². The lowest BCUT2D eigenvalue weighted by molar-refractivity contribution is 0.286. The molecule has 0 saturated carbocycles. The number of rotatable bonds is 10. The molecule has 160 valence electrons. The molecule has 2 heterocycles. The molecule has 0 amide bonds. The van der Waals surface area contributed by atoms with Gasteiger partial charge >= 0.3 is 0 Å². The van der Waals surface area contributed by atoms with Gasteiger partial charge in [0, 0.05) is 11.3 Å². The summed E-state index contributed by atoms with van der Waals surface area (Å²) >= 11 is 0. The Bertz CT molecular complexity index is 942. The predicted molar refractivity (Wildman–Crippen MR) is 115 cm³/mol. The summed E-state index contributed by atoms with van der Waals surface area (Å²) < 4.78 is 17.1. The number of unbranched alkanes of at least 4 members (excludes halogenated alkanes) is 3. The van der Waals surface area contributed by atoms with Gasteiger partial charge in [0.05, 0.1) is 19.6 Å². The fraction of sp³-hybridized carbons (Fsp3) is 0.478. The van der Waals surface area contributed by atoms with E-state index in [2.05, 4.69) is 30.1 Å². The summed E-state index contributed by atoms with van der Waals surface area (Å²) in [5.41, 5.74) is 9.16. The summed E-state index contributed by atoms with van der Waals surface area (Å²) in [5.74, 6) is 1.47. The molecule has 1 unspecified atom stereocenters. The number of aromatic amines is 1. The van der Waals surface area contributed by atoms with Crippen LogP contribution in [-0.2, 0) is 6.42 Å². The molecular weight excluding hydrogens is 380 g/mol. The topological polar surface area (TPSA) is 106 Å². The lowest BCUT2D eigenvalue weighted by atomic mass is 9.83. The number of nitriles is 1. The van der Waals surface area contributed by atoms with Gasteiger partial charge in [-0.2, -0.15) is 5.26 Å². The summed E-state index contributed by atoms with van der Waals surface area (Å²) in [6.07, 6.45) is 6.16. The predicted octanol–water partition coefficient (Wildman–Crippen LogP) is 4.55. The van der Waals surface area contributed by atoms with Crippen molar-refractivity contribution in [3.8, 4) is 23.4 Å². The van der Waals surface area contributed by atoms with E-state index in [0.717, 1.165) is 55.3 Å². The van der Waals surface area contributed by atoms with E-state index in [0.29, 0.717) is 29.6 Å². The highest BCUT2D eigenvalue weighted by molar-refractivity contribution is 5.57. The van der Waals surface area contributed by atoms with Crippen LogP contribution in [0.2, 0.25) is 0 Å². The number of H-pyrrole nitrogens is 1. The van der Waals surface area contributed by atoms with Gasteiger partial charge < -0.3 is 19.9 Å². The zero-order valence-corrected chi connectivity index (χ0v) is 18.0. The first-order valence-corrected chi connectivity index (χ1v) is 10.6. The molecule has 7 heteroatoms. The molecule has 0 bridgehead atoms. The van der Waals surface area contributed by atoms with Gasteiger partial charge in [0.2, 0.25) is 11.8 Å². The quantitative estimate of drug-likeness (QED) is 0.557. The number of benzene rings is 1. The van der Waals surface area contributed by atoms with Crippen molar-refractivity contribution in [1.29, 1.82) is 5.26 Å². The average molecular weight is 411 g/mol. The van der Waals surface area contributed by atoms with Crippen LogP contribution in [0.1, 0.15) is 68.7 Å². The third-order valence-corrected chi connectivity index (χ3v) is 5.32. The largest absolute Gasteiger partial charge is 0.493 e. The second-order valence-corrected chi connectivity index (χ2v) is 7.42. The number of nitrogens with one attached hydrogen (secondary N) is 1. The number of hydrogen-bond acceptors (Lipinski definition) is 6. The van der Waals surface area contributed by atoms with Crippen molar-refractivity contribution in [2.75, 3.05) is 13.7 Å². The number of allylic oxidation sites excluding steroid dienone is 1. The van der Waals surface area contributed by atoms with E-state index in [1.807, 2.05) is 18.2 Å². The highest BCUT2D eigenvalue weighted by atomic mass is 16.5. The number of hydrogen-bond donors (Lipinski definition) is 2. The second kappa shape index (κ2) is 10.1. The number of aryl methyl sites for hydroxylation is 1. The Labute approximate surface area is 177 Å². The van der Waals surface area contributed by atoms with Gasteiger partial charge in [-0.3, -0.25) is 5.10 Å². The molecule has 30 heavy (non-hydrogen) atoms. The third kappa shape index (κ3) is 4.38. The number of aromatic nitrogens is 2. The van der Waals surface area contributed by atoms with E-state index < -0.39 is 0 Å². The first kappa shape index (κ1) is 21.6. The summed E-state index contributed by atoms with van der Waals surface area (Å²) in [6.45, 7) is 4.94. The first-order valence-electron chi connectivity index (χ1n) is 10.6. The Kier molecular flexibility index (Phi) is 7.23. The molecule has 1 aliphatic rings. The number of methoxy groups -OCH3 is 1. The summed E-state index contributed by atoms with van der Waals surface area (Å²) in [4.78, 5) is 0. The minimum absolute atomic E-state index is 0.0856. The Morgan fingerprint density at radius 2 is 2.00 bits per heavy atom. The van der Waals surface area contributed by atoms with Gasteiger partial charge in [0.15, 0.2) is 11.5 Å². The molecule has 1 aromatic carbocycles. The van der Waals surface area contributed by atoms with E-state index in [1.54, 1.807) is 7.11 Å². The molecular formula is C23H30N4O3. The van der Waals surface area contributed by atoms with Crippen LogP contribution in [0.3, 0.4) is 0 Å². The number of ether oxygens (including phenoxy) is 3. The molecule has 1 atom stereocenters. The highest BCUT2D eigenvalue weighted by Crippen LogP contribution is 2.44. The third-order valence-electron chi connectivity index (χ3n) is 5.32. The van der Waals surface area contributed by atoms with Crippen molar-refractivity contribution in [2.24, 2.45) is 5.73 Å². The van der Waals surface area contributed by atoms with Gasteiger partial charge in [-0.15, -0.1) is 5.10 Å². The minimum atomic E-state index is -0.368. The maximum Gasteiger partial charge on any atom is 0.244 e. The molecule has 2 aromatic rings. The maximum atomic E-state index is 9.82. The molecule has 0 fully saturated rings. The lowest BCUT2D eigenvalue weighted by Gasteiger charge is -2.24. The van der Waals surface area contributed by atoms with Crippen LogP contribution < -0.4 is 19.9 Å². The van der Waals surface area contributed by atoms with E-state index in [9.17, 15) is 5.26 Å². The van der Waals surface area contributed by atoms with Crippen molar-refractivity contribution in [3.63, 3.8) is 0 Å². The van der Waals surface area contributed by atoms with Crippen LogP contribution in [0.4, 0.5) is 0 Å². The van der Waals surface area contributed by atoms with E-state index >= 15 is 0 Å². The van der Waals surface area contributed by atoms with Gasteiger partial charge in [-0.25, -0.2) is 0 Å². The Morgan fingerprint density at radius 3 is 2.70 bits per heavy atom. The smallest absolute Gasteiger partial charge is 0.244 e. The average Bonchev–Trinajstić information content (AvgIpc) is 3.16. The van der Waals surface area contributed by atoms with E-state index in [-0.39, 0.29) is 11.8 Å². The second-order valence-electron chi connectivity index (χ2n) is 7.42. The Balaban J connectivity index is 1.99. The molecule has 0 spiro atoms. The van der Waals surface area contributed by atoms with Crippen LogP contribution in [0.5, 0.6) is 17.4 Å². The van der Waals surface area contributed by atoms with Gasteiger partial charge in [0.25, 0.3) is 0 Å². The molecule has 0 aliphatic carbocycles. The fourth-order valence-electron chi connectivity index (χ4n) is 3.70. The van der Waals surface area contributed by atoms with Crippen molar-refractivity contribution >= 4 is 0 Å². The van der Waals surface area contributed by atoms with Gasteiger partial charge in [-0.05, 0) is 37.0 Å². The summed E-state index contributed by atoms with van der Waals surface area (Å²) in [7, 11) is 1.62. The van der Waals surface area contributed by atoms with Crippen LogP contribution >= 0.6 is 0 Å². The first-order chi connectivity index (χ1) is 14.6. The maximum absolute atomic E-state index is 9.82. The molecule has 7 nitrogen and oxygen atoms in total. The van der Waals surface area contributed by atoms with Crippen LogP contribution in [0.25, 0.3) is 0 Å². The normalized spacial score (nSPS) is 15.3. The molecule has 1 aromatic heterocycles. The zero-order chi connectivity index (χ0) is 21.5. The van der Waals surface area contributed by atoms with Crippen molar-refractivity contribution < 1.29 is 14.2 Å². The van der Waals surface area contributed by atoms with Crippen molar-refractivity contribution in [1.82, 2.24) is 10.2 Å². The van der Waals surface area contributed by atoms with Crippen molar-refractivity contribution in [3.05, 3.63) is 46.5 Å². The van der Waals surface area contributed by atoms with Crippen LogP contribution in [0.15, 0.2) is 29.7 Å². The lowest BCUT2D eigenvalue weighted by Crippen LogP contribution is -2.21. The van der Waals surface area contributed by atoms with Crippen LogP contribution in [-0.4, -0.2) is 23.9 Å². The monoisotopic (exact) mass is 410 g/mol. The number of nitrogens with zero attached hydrogens (tertiary/aromatic N) is 2. The minimum Gasteiger partial charge on any atom is -0.493 e. The SMILES string of the molecule is CCCCCOc1ccc(C2C(C#N)=C(N)Oc3n[nH]c(CCCC)c32)cc1OC. The number of fused-ring (bicyclic) bond motifs is 1. The Morgan fingerprint density at radius 1 is 1.20 bits per heavy atom. The van der Waals surface area contributed by atoms with Gasteiger partial charge in [-0.1, -0.05) is 39.2 Å². The van der Waals surface area contributed by atoms with E-state index in [1.165, 1.54) is 0 Å².